The zero-order valence-electron chi connectivity index (χ0n) is 9.78. The highest BCUT2D eigenvalue weighted by Gasteiger charge is 2.67. The molecule has 0 heterocycles. The summed E-state index contributed by atoms with van der Waals surface area (Å²) in [4.78, 5) is 19.1. The van der Waals surface area contributed by atoms with Crippen molar-refractivity contribution in [3.8, 4) is 0 Å². The first kappa shape index (κ1) is 16.2. The summed E-state index contributed by atoms with van der Waals surface area (Å²) in [6, 6.07) is 0. The van der Waals surface area contributed by atoms with E-state index in [0.29, 0.717) is 0 Å². The molecule has 16 heavy (non-hydrogen) atoms. The second-order valence-electron chi connectivity index (χ2n) is 3.73. The van der Waals surface area contributed by atoms with Crippen LogP contribution in [0.1, 0.15) is 6.92 Å². The van der Waals surface area contributed by atoms with E-state index in [1.807, 2.05) is 0 Å². The van der Waals surface area contributed by atoms with Crippen molar-refractivity contribution in [2.75, 3.05) is 28.3 Å². The molecule has 0 aromatic carbocycles. The molecule has 2 N–H and O–H groups in total. The van der Waals surface area contributed by atoms with Crippen LogP contribution in [0.3, 0.4) is 0 Å². The second kappa shape index (κ2) is 4.48. The monoisotopic (exact) mass is 277 g/mol. The van der Waals surface area contributed by atoms with E-state index >= 15 is 0 Å². The molecule has 0 amide bonds. The van der Waals surface area contributed by atoms with Crippen molar-refractivity contribution in [2.45, 2.75) is 11.9 Å². The second-order valence-corrected chi connectivity index (χ2v) is 8.63. The molecule has 0 aliphatic carbocycles. The summed E-state index contributed by atoms with van der Waals surface area (Å²) in [5, 5.41) is 9.34. The van der Waals surface area contributed by atoms with Gasteiger partial charge in [-0.2, -0.15) is 0 Å². The van der Waals surface area contributed by atoms with Gasteiger partial charge in [-0.05, 0) is 0 Å². The number of quaternary nitrogens is 1. The molecule has 0 aromatic rings. The molecule has 0 aliphatic rings. The van der Waals surface area contributed by atoms with Gasteiger partial charge in [-0.25, -0.2) is 0 Å². The summed E-state index contributed by atoms with van der Waals surface area (Å²) in [5.74, 6) is 0. The third-order valence-corrected chi connectivity index (χ3v) is 8.20. The fraction of sp³-hybridized carbons (Fsp3) is 1.00. The van der Waals surface area contributed by atoms with Gasteiger partial charge in [-0.15, -0.1) is 0 Å². The lowest BCUT2D eigenvalue weighted by Crippen LogP contribution is -2.53. The number of hydrogen-bond acceptors (Lipinski definition) is 5. The van der Waals surface area contributed by atoms with Crippen molar-refractivity contribution in [1.29, 1.82) is 0 Å². The Morgan fingerprint density at radius 1 is 1.12 bits per heavy atom. The third kappa shape index (κ3) is 2.25. The molecule has 0 aliphatic heterocycles. The lowest BCUT2D eigenvalue weighted by Gasteiger charge is -2.50. The Kier molecular flexibility index (Phi) is 4.54. The molecule has 0 saturated carbocycles. The Morgan fingerprint density at radius 3 is 1.50 bits per heavy atom. The largest absolute Gasteiger partial charge is 0.632 e. The van der Waals surface area contributed by atoms with Crippen molar-refractivity contribution in [1.82, 2.24) is 0 Å². The SMILES string of the molecule is COP(=O)(O)C(C)([N+](C)(C)[O-])P(=O)(O)OC. The van der Waals surface area contributed by atoms with Gasteiger partial charge in [-0.1, -0.05) is 0 Å². The van der Waals surface area contributed by atoms with Gasteiger partial charge < -0.3 is 28.7 Å². The molecule has 0 fully saturated rings. The number of hydrogen-bond donors (Lipinski definition) is 2. The van der Waals surface area contributed by atoms with Gasteiger partial charge >= 0.3 is 15.2 Å². The average molecular weight is 277 g/mol. The lowest BCUT2D eigenvalue weighted by molar-refractivity contribution is -0.864. The normalized spacial score (nSPS) is 24.2. The Morgan fingerprint density at radius 2 is 1.38 bits per heavy atom. The minimum atomic E-state index is -4.63. The number of hydroxylamine groups is 3. The van der Waals surface area contributed by atoms with Gasteiger partial charge in [0.05, 0.1) is 14.1 Å². The molecule has 2 unspecified atom stereocenters. The van der Waals surface area contributed by atoms with Crippen LogP contribution in [0, 0.1) is 5.21 Å². The highest BCUT2D eigenvalue weighted by atomic mass is 31.2. The minimum Gasteiger partial charge on any atom is -0.632 e. The zero-order chi connectivity index (χ0) is 13.4. The molecule has 0 spiro atoms. The maximum atomic E-state index is 11.8. The highest BCUT2D eigenvalue weighted by molar-refractivity contribution is 7.72. The van der Waals surface area contributed by atoms with Crippen molar-refractivity contribution < 1.29 is 32.6 Å². The molecule has 98 valence electrons. The van der Waals surface area contributed by atoms with Gasteiger partial charge in [-0.3, -0.25) is 9.13 Å². The van der Waals surface area contributed by atoms with Crippen LogP contribution in [-0.4, -0.2) is 47.8 Å². The molecule has 0 aromatic heterocycles. The maximum Gasteiger partial charge on any atom is 0.400 e. The van der Waals surface area contributed by atoms with Crippen molar-refractivity contribution in [2.24, 2.45) is 0 Å². The van der Waals surface area contributed by atoms with E-state index in [9.17, 15) is 24.1 Å². The van der Waals surface area contributed by atoms with Crippen LogP contribution in [0.15, 0.2) is 0 Å². The predicted octanol–water partition coefficient (Wildman–Crippen LogP) is 0.898. The van der Waals surface area contributed by atoms with Crippen LogP contribution in [0.25, 0.3) is 0 Å². The van der Waals surface area contributed by atoms with Crippen LogP contribution in [0.2, 0.25) is 0 Å². The summed E-state index contributed by atoms with van der Waals surface area (Å²) in [7, 11) is -5.58. The molecule has 0 saturated heterocycles. The summed E-state index contributed by atoms with van der Waals surface area (Å²) in [6.45, 7) is 0.883. The molecular formula is C6H17NO7P2. The van der Waals surface area contributed by atoms with E-state index in [4.69, 9.17) is 0 Å². The average Bonchev–Trinajstić information content (AvgIpc) is 2.14. The lowest BCUT2D eigenvalue weighted by atomic mass is 10.6. The first-order chi connectivity index (χ1) is 6.87. The van der Waals surface area contributed by atoms with Gasteiger partial charge in [0.15, 0.2) is 0 Å². The summed E-state index contributed by atoms with van der Waals surface area (Å²) < 4.78 is 30.6. The number of rotatable bonds is 5. The van der Waals surface area contributed by atoms with E-state index in [0.717, 1.165) is 35.2 Å². The van der Waals surface area contributed by atoms with Crippen LogP contribution in [0.5, 0.6) is 0 Å². The van der Waals surface area contributed by atoms with E-state index in [2.05, 4.69) is 9.05 Å². The van der Waals surface area contributed by atoms with Crippen molar-refractivity contribution in [3.05, 3.63) is 5.21 Å². The first-order valence-electron chi connectivity index (χ1n) is 4.19. The zero-order valence-corrected chi connectivity index (χ0v) is 11.6. The van der Waals surface area contributed by atoms with Crippen molar-refractivity contribution >= 4 is 15.2 Å². The van der Waals surface area contributed by atoms with Crippen LogP contribution in [-0.2, 0) is 18.2 Å². The van der Waals surface area contributed by atoms with E-state index in [-0.39, 0.29) is 0 Å². The standard InChI is InChI=1S/C6H17NO7P2/c1-6(7(2,3)8,15(9,10)13-4)16(11,12)14-5/h1-5H3,(H,9,10)(H,11,12). The third-order valence-electron chi connectivity index (χ3n) is 2.59. The molecule has 10 heteroatoms. The molecular weight excluding hydrogens is 260 g/mol. The summed E-state index contributed by atoms with van der Waals surface area (Å²) in [6.07, 6.45) is 0. The number of nitrogens with zero attached hydrogens (tertiary/aromatic N) is 1. The molecule has 0 radical (unpaired) electrons. The highest BCUT2D eigenvalue weighted by Crippen LogP contribution is 2.75. The Labute approximate surface area is 94.0 Å². The molecule has 0 bridgehead atoms. The topological polar surface area (TPSA) is 116 Å². The molecule has 8 nitrogen and oxygen atoms in total. The summed E-state index contributed by atoms with van der Waals surface area (Å²) in [5.41, 5.74) is 0. The fourth-order valence-electron chi connectivity index (χ4n) is 1.11. The quantitative estimate of drug-likeness (QED) is 0.435. The van der Waals surface area contributed by atoms with E-state index < -0.39 is 24.9 Å². The minimum absolute atomic E-state index is 0.879. The smallest absolute Gasteiger partial charge is 0.400 e. The van der Waals surface area contributed by atoms with Gasteiger partial charge in [0, 0.05) is 21.1 Å². The Balaban J connectivity index is 5.98. The fourth-order valence-corrected chi connectivity index (χ4v) is 4.79. The molecule has 0 rings (SSSR count). The first-order valence-corrected chi connectivity index (χ1v) is 7.35. The molecule has 2 atom stereocenters. The van der Waals surface area contributed by atoms with Crippen LogP contribution in [0.4, 0.5) is 0 Å². The predicted molar refractivity (Wildman–Crippen MR) is 57.5 cm³/mol. The van der Waals surface area contributed by atoms with Crippen LogP contribution < -0.4 is 0 Å². The van der Waals surface area contributed by atoms with Gasteiger partial charge in [0.1, 0.15) is 0 Å². The maximum absolute atomic E-state index is 11.8. The van der Waals surface area contributed by atoms with Crippen molar-refractivity contribution in [3.63, 3.8) is 0 Å². The Hall–Kier alpha value is 0.220. The van der Waals surface area contributed by atoms with E-state index in [1.54, 1.807) is 0 Å². The van der Waals surface area contributed by atoms with Gasteiger partial charge in [0.2, 0.25) is 0 Å². The Bertz CT molecular complexity index is 325. The van der Waals surface area contributed by atoms with Gasteiger partial charge in [0.25, 0.3) is 5.02 Å². The summed E-state index contributed by atoms with van der Waals surface area (Å²) >= 11 is 0. The van der Waals surface area contributed by atoms with Crippen LogP contribution >= 0.6 is 15.2 Å². The van der Waals surface area contributed by atoms with E-state index in [1.165, 1.54) is 0 Å².